The Bertz CT molecular complexity index is 878. The zero-order valence-corrected chi connectivity index (χ0v) is 17.0. The zero-order chi connectivity index (χ0) is 20.3. The van der Waals surface area contributed by atoms with Crippen molar-refractivity contribution in [2.24, 2.45) is 0 Å². The van der Waals surface area contributed by atoms with Gasteiger partial charge in [-0.25, -0.2) is 5.48 Å². The van der Waals surface area contributed by atoms with Gasteiger partial charge in [-0.3, -0.25) is 19.4 Å². The molecule has 3 N–H and O–H groups in total. The van der Waals surface area contributed by atoms with Crippen LogP contribution in [0.4, 0.5) is 5.69 Å². The minimum absolute atomic E-state index is 0.0281. The molecular weight excluding hydrogens is 405 g/mol. The van der Waals surface area contributed by atoms with E-state index in [4.69, 9.17) is 23.2 Å². The number of aromatic nitrogens is 2. The number of carbonyl (C=O) groups excluding carboxylic acids is 2. The molecule has 2 aromatic heterocycles. The van der Waals surface area contributed by atoms with Crippen molar-refractivity contribution >= 4 is 40.7 Å². The smallest absolute Gasteiger partial charge is 0.293 e. The summed E-state index contributed by atoms with van der Waals surface area (Å²) in [5.41, 5.74) is 4.39. The largest absolute Gasteiger partial charge is 0.371 e. The van der Waals surface area contributed by atoms with Crippen molar-refractivity contribution in [1.82, 2.24) is 20.8 Å². The molecule has 10 heteroatoms. The summed E-state index contributed by atoms with van der Waals surface area (Å²) in [7, 11) is 1.37. The Kier molecular flexibility index (Phi) is 6.43. The van der Waals surface area contributed by atoms with E-state index in [0.29, 0.717) is 10.7 Å². The summed E-state index contributed by atoms with van der Waals surface area (Å²) in [5.74, 6) is -0.663. The molecule has 1 saturated heterocycles. The summed E-state index contributed by atoms with van der Waals surface area (Å²) in [6, 6.07) is 3.60. The molecule has 0 radical (unpaired) electrons. The van der Waals surface area contributed by atoms with Crippen LogP contribution in [0.25, 0.3) is 0 Å². The first-order valence-corrected chi connectivity index (χ1v) is 9.55. The Balaban J connectivity index is 1.59. The third-order valence-electron chi connectivity index (χ3n) is 4.65. The maximum Gasteiger partial charge on any atom is 0.293 e. The Morgan fingerprint density at radius 2 is 1.96 bits per heavy atom. The van der Waals surface area contributed by atoms with Crippen molar-refractivity contribution in [2.75, 3.05) is 25.1 Å². The number of halogens is 2. The molecule has 0 spiro atoms. The minimum atomic E-state index is -0.400. The summed E-state index contributed by atoms with van der Waals surface area (Å²) < 4.78 is 0. The number of nitrogens with one attached hydrogen (secondary N) is 3. The predicted octanol–water partition coefficient (Wildman–Crippen LogP) is 2.71. The third kappa shape index (κ3) is 4.40. The number of amides is 2. The third-order valence-corrected chi connectivity index (χ3v) is 5.59. The lowest BCUT2D eigenvalue weighted by Gasteiger charge is -2.34. The van der Waals surface area contributed by atoms with Gasteiger partial charge in [-0.2, -0.15) is 0 Å². The van der Waals surface area contributed by atoms with E-state index in [1.807, 2.05) is 6.07 Å². The molecule has 0 saturated carbocycles. The molecule has 3 rings (SSSR count). The van der Waals surface area contributed by atoms with Crippen LogP contribution < -0.4 is 15.7 Å². The highest BCUT2D eigenvalue weighted by Gasteiger charge is 2.24. The van der Waals surface area contributed by atoms with Crippen molar-refractivity contribution in [1.29, 1.82) is 0 Å². The van der Waals surface area contributed by atoms with Crippen LogP contribution in [0.3, 0.4) is 0 Å². The molecule has 3 heterocycles. The van der Waals surface area contributed by atoms with Gasteiger partial charge >= 0.3 is 0 Å². The molecule has 1 aliphatic rings. The molecule has 28 heavy (non-hydrogen) atoms. The average Bonchev–Trinajstić information content (AvgIpc) is 2.96. The highest BCUT2D eigenvalue weighted by Crippen LogP contribution is 2.29. The van der Waals surface area contributed by atoms with Gasteiger partial charge in [0, 0.05) is 36.7 Å². The van der Waals surface area contributed by atoms with E-state index < -0.39 is 5.91 Å². The zero-order valence-electron chi connectivity index (χ0n) is 15.5. The van der Waals surface area contributed by atoms with E-state index in [9.17, 15) is 9.59 Å². The maximum atomic E-state index is 12.5. The highest BCUT2D eigenvalue weighted by molar-refractivity contribution is 6.44. The van der Waals surface area contributed by atoms with E-state index in [-0.39, 0.29) is 28.4 Å². The number of hydroxylamine groups is 1. The first-order valence-electron chi connectivity index (χ1n) is 8.79. The lowest BCUT2D eigenvalue weighted by atomic mass is 10.0. The first-order chi connectivity index (χ1) is 13.4. The molecule has 150 valence electrons. The maximum absolute atomic E-state index is 12.5. The number of carbonyl (C=O) groups is 2. The fraction of sp³-hybridized carbons (Fsp3) is 0.389. The monoisotopic (exact) mass is 425 g/mol. The molecule has 1 fully saturated rings. The van der Waals surface area contributed by atoms with Crippen LogP contribution >= 0.6 is 23.2 Å². The van der Waals surface area contributed by atoms with Gasteiger partial charge in [0.1, 0.15) is 11.4 Å². The van der Waals surface area contributed by atoms with Gasteiger partial charge in [0.05, 0.1) is 17.2 Å². The van der Waals surface area contributed by atoms with Crippen molar-refractivity contribution in [2.45, 2.75) is 25.8 Å². The van der Waals surface area contributed by atoms with Gasteiger partial charge in [0.2, 0.25) is 0 Å². The fourth-order valence-corrected chi connectivity index (χ4v) is 3.57. The Hall–Kier alpha value is -2.29. The summed E-state index contributed by atoms with van der Waals surface area (Å²) in [6.45, 7) is 3.23. The number of anilines is 1. The number of nitrogens with zero attached hydrogens (tertiary/aromatic N) is 2. The second-order valence-electron chi connectivity index (χ2n) is 6.52. The second-order valence-corrected chi connectivity index (χ2v) is 7.28. The Morgan fingerprint density at radius 3 is 2.57 bits per heavy atom. The topological polar surface area (TPSA) is 99.4 Å². The molecule has 2 amide bonds. The molecule has 0 atom stereocenters. The highest BCUT2D eigenvalue weighted by atomic mass is 35.5. The number of pyridine rings is 1. The van der Waals surface area contributed by atoms with E-state index >= 15 is 0 Å². The number of hydrogen-bond acceptors (Lipinski definition) is 5. The van der Waals surface area contributed by atoms with E-state index in [1.165, 1.54) is 7.11 Å². The second kappa shape index (κ2) is 8.81. The van der Waals surface area contributed by atoms with Crippen LogP contribution in [0.15, 0.2) is 18.3 Å². The molecule has 0 bridgehead atoms. The number of aromatic amines is 1. The molecular formula is C18H21Cl2N5O3. The van der Waals surface area contributed by atoms with Crippen LogP contribution in [-0.2, 0) is 4.84 Å². The molecule has 0 unspecified atom stereocenters. The minimum Gasteiger partial charge on any atom is -0.371 e. The standard InChI is InChI=1S/C18H21Cl2N5O3/c1-10-14(19)15(20)16(22-10)18(27)23-11-4-7-25(8-5-11)12-3-6-21-13(9-12)17(26)24-28-2/h3,6,9,11,22H,4-5,7-8H2,1-2H3,(H,23,27)(H,24,26). The lowest BCUT2D eigenvalue weighted by molar-refractivity contribution is 0.0532. The van der Waals surface area contributed by atoms with Crippen LogP contribution in [0.1, 0.15) is 39.5 Å². The number of aryl methyl sites for hydroxylation is 1. The Morgan fingerprint density at radius 1 is 1.25 bits per heavy atom. The van der Waals surface area contributed by atoms with Gasteiger partial charge in [-0.05, 0) is 31.9 Å². The molecule has 1 aliphatic heterocycles. The first kappa shape index (κ1) is 20.4. The van der Waals surface area contributed by atoms with Gasteiger partial charge < -0.3 is 15.2 Å². The lowest BCUT2D eigenvalue weighted by Crippen LogP contribution is -2.45. The van der Waals surface area contributed by atoms with E-state index in [0.717, 1.165) is 31.6 Å². The van der Waals surface area contributed by atoms with Crippen molar-refractivity contribution in [3.63, 3.8) is 0 Å². The quantitative estimate of drug-likeness (QED) is 0.639. The van der Waals surface area contributed by atoms with Crippen LogP contribution in [0.2, 0.25) is 10.0 Å². The summed E-state index contributed by atoms with van der Waals surface area (Å²) in [5, 5.41) is 3.61. The van der Waals surface area contributed by atoms with Crippen molar-refractivity contribution in [3.8, 4) is 0 Å². The summed E-state index contributed by atoms with van der Waals surface area (Å²) in [4.78, 5) is 38.1. The van der Waals surface area contributed by atoms with Gasteiger partial charge in [-0.1, -0.05) is 23.2 Å². The van der Waals surface area contributed by atoms with E-state index in [2.05, 4.69) is 30.5 Å². The van der Waals surface area contributed by atoms with Crippen LogP contribution in [0.5, 0.6) is 0 Å². The molecule has 8 nitrogen and oxygen atoms in total. The predicted molar refractivity (Wildman–Crippen MR) is 107 cm³/mol. The number of piperidine rings is 1. The molecule has 0 aromatic carbocycles. The van der Waals surface area contributed by atoms with Gasteiger partial charge in [-0.15, -0.1) is 0 Å². The van der Waals surface area contributed by atoms with Gasteiger partial charge in [0.15, 0.2) is 0 Å². The SMILES string of the molecule is CONC(=O)c1cc(N2CCC(NC(=O)c3[nH]c(C)c(Cl)c3Cl)CC2)ccn1. The van der Waals surface area contributed by atoms with Crippen molar-refractivity contribution in [3.05, 3.63) is 45.5 Å². The Labute approximate surface area is 172 Å². The normalized spacial score (nSPS) is 14.8. The summed E-state index contributed by atoms with van der Waals surface area (Å²) >= 11 is 12.1. The fourth-order valence-electron chi connectivity index (χ4n) is 3.15. The number of hydrogen-bond donors (Lipinski definition) is 3. The van der Waals surface area contributed by atoms with Crippen LogP contribution in [-0.4, -0.2) is 48.0 Å². The average molecular weight is 426 g/mol. The van der Waals surface area contributed by atoms with Crippen LogP contribution in [0, 0.1) is 6.92 Å². The summed E-state index contributed by atoms with van der Waals surface area (Å²) in [6.07, 6.45) is 3.12. The number of H-pyrrole nitrogens is 1. The van der Waals surface area contributed by atoms with Crippen molar-refractivity contribution < 1.29 is 14.4 Å². The van der Waals surface area contributed by atoms with E-state index in [1.54, 1.807) is 19.2 Å². The molecule has 0 aliphatic carbocycles. The number of rotatable bonds is 5. The molecule has 2 aromatic rings. The van der Waals surface area contributed by atoms with Gasteiger partial charge in [0.25, 0.3) is 11.8 Å².